The van der Waals surface area contributed by atoms with Gasteiger partial charge in [0, 0.05) is 18.8 Å². The molecule has 37 heavy (non-hydrogen) atoms. The number of hydrogen-bond donors (Lipinski definition) is 1. The molecule has 1 fully saturated rings. The summed E-state index contributed by atoms with van der Waals surface area (Å²) in [5.74, 6) is -0.569. The summed E-state index contributed by atoms with van der Waals surface area (Å²) in [4.78, 5) is 13.1. The van der Waals surface area contributed by atoms with E-state index in [-0.39, 0.29) is 22.9 Å². The number of hydrogen-bond acceptors (Lipinski definition) is 6. The zero-order valence-corrected chi connectivity index (χ0v) is 22.3. The van der Waals surface area contributed by atoms with Crippen molar-refractivity contribution in [2.75, 3.05) is 42.5 Å². The fourth-order valence-corrected chi connectivity index (χ4v) is 6.67. The van der Waals surface area contributed by atoms with Crippen LogP contribution in [0.4, 0.5) is 11.4 Å². The van der Waals surface area contributed by atoms with Crippen LogP contribution in [-0.2, 0) is 29.6 Å². The molecule has 0 aliphatic carbocycles. The molecule has 0 aromatic heterocycles. The molecule has 3 aromatic rings. The van der Waals surface area contributed by atoms with Gasteiger partial charge in [-0.15, -0.1) is 0 Å². The number of carbonyl (C=O) groups is 1. The number of rotatable bonds is 8. The standard InChI is InChI=1S/C26H29N3O6S2/c1-20-3-9-23(10-4-20)29(37(33,34)25-11-5-21(2)6-12-25)19-26(30)27-22-7-13-24(14-8-22)36(31,32)28-15-17-35-18-16-28/h3-14H,15-19H2,1-2H3,(H,27,30). The highest BCUT2D eigenvalue weighted by molar-refractivity contribution is 7.92. The molecule has 3 aromatic carbocycles. The van der Waals surface area contributed by atoms with Crippen molar-refractivity contribution in [1.29, 1.82) is 0 Å². The molecule has 0 atom stereocenters. The van der Waals surface area contributed by atoms with E-state index < -0.39 is 32.5 Å². The quantitative estimate of drug-likeness (QED) is 0.467. The van der Waals surface area contributed by atoms with E-state index in [0.29, 0.717) is 24.6 Å². The molecular formula is C26H29N3O6S2. The van der Waals surface area contributed by atoms with E-state index in [9.17, 15) is 21.6 Å². The molecule has 1 aliphatic heterocycles. The molecule has 9 nitrogen and oxygen atoms in total. The van der Waals surface area contributed by atoms with Crippen LogP contribution < -0.4 is 9.62 Å². The largest absolute Gasteiger partial charge is 0.379 e. The van der Waals surface area contributed by atoms with Gasteiger partial charge in [0.05, 0.1) is 28.7 Å². The van der Waals surface area contributed by atoms with Crippen molar-refractivity contribution < 1.29 is 26.4 Å². The smallest absolute Gasteiger partial charge is 0.264 e. The number of morpholine rings is 1. The number of amides is 1. The van der Waals surface area contributed by atoms with Crippen molar-refractivity contribution in [3.8, 4) is 0 Å². The van der Waals surface area contributed by atoms with Gasteiger partial charge in [-0.25, -0.2) is 16.8 Å². The maximum atomic E-state index is 13.5. The van der Waals surface area contributed by atoms with Crippen molar-refractivity contribution in [2.45, 2.75) is 23.6 Å². The van der Waals surface area contributed by atoms with Crippen LogP contribution in [0.2, 0.25) is 0 Å². The van der Waals surface area contributed by atoms with Gasteiger partial charge in [-0.1, -0.05) is 35.4 Å². The van der Waals surface area contributed by atoms with Crippen molar-refractivity contribution in [3.05, 3.63) is 83.9 Å². The van der Waals surface area contributed by atoms with E-state index in [2.05, 4.69) is 5.32 Å². The molecule has 196 valence electrons. The van der Waals surface area contributed by atoms with Gasteiger partial charge in [0.1, 0.15) is 6.54 Å². The van der Waals surface area contributed by atoms with Crippen LogP contribution in [0.3, 0.4) is 0 Å². The fourth-order valence-electron chi connectivity index (χ4n) is 3.84. The molecule has 1 amide bonds. The first-order valence-corrected chi connectivity index (χ1v) is 14.6. The molecule has 0 bridgehead atoms. The second kappa shape index (κ2) is 11.0. The molecule has 0 radical (unpaired) electrons. The van der Waals surface area contributed by atoms with E-state index in [0.717, 1.165) is 15.4 Å². The molecule has 4 rings (SSSR count). The third-order valence-electron chi connectivity index (χ3n) is 5.96. The van der Waals surface area contributed by atoms with Crippen LogP contribution in [0.1, 0.15) is 11.1 Å². The summed E-state index contributed by atoms with van der Waals surface area (Å²) in [6.45, 7) is 4.54. The van der Waals surface area contributed by atoms with Gasteiger partial charge in [0.2, 0.25) is 15.9 Å². The van der Waals surface area contributed by atoms with Crippen molar-refractivity contribution >= 4 is 37.3 Å². The second-order valence-electron chi connectivity index (χ2n) is 8.75. The molecule has 1 heterocycles. The van der Waals surface area contributed by atoms with Gasteiger partial charge in [-0.05, 0) is 62.4 Å². The first-order valence-electron chi connectivity index (χ1n) is 11.7. The lowest BCUT2D eigenvalue weighted by Gasteiger charge is -2.26. The highest BCUT2D eigenvalue weighted by atomic mass is 32.2. The van der Waals surface area contributed by atoms with Crippen LogP contribution in [0.15, 0.2) is 82.6 Å². The van der Waals surface area contributed by atoms with E-state index in [1.807, 2.05) is 13.8 Å². The maximum Gasteiger partial charge on any atom is 0.264 e. The van der Waals surface area contributed by atoms with E-state index in [4.69, 9.17) is 4.74 Å². The lowest BCUT2D eigenvalue weighted by atomic mass is 10.2. The Labute approximate surface area is 217 Å². The average molecular weight is 544 g/mol. The van der Waals surface area contributed by atoms with Gasteiger partial charge in [-0.2, -0.15) is 4.31 Å². The van der Waals surface area contributed by atoms with Crippen molar-refractivity contribution in [2.24, 2.45) is 0 Å². The Bertz CT molecular complexity index is 1450. The predicted molar refractivity (Wildman–Crippen MR) is 142 cm³/mol. The number of aryl methyl sites for hydroxylation is 2. The zero-order chi connectivity index (χ0) is 26.6. The third kappa shape index (κ3) is 6.19. The van der Waals surface area contributed by atoms with Gasteiger partial charge in [-0.3, -0.25) is 9.10 Å². The van der Waals surface area contributed by atoms with Crippen LogP contribution >= 0.6 is 0 Å². The Hall–Kier alpha value is -3.25. The first kappa shape index (κ1) is 26.8. The molecule has 0 unspecified atom stereocenters. The predicted octanol–water partition coefficient (Wildman–Crippen LogP) is 3.16. The van der Waals surface area contributed by atoms with E-state index >= 15 is 0 Å². The van der Waals surface area contributed by atoms with Crippen molar-refractivity contribution in [3.63, 3.8) is 0 Å². The number of anilines is 2. The number of nitrogens with one attached hydrogen (secondary N) is 1. The number of sulfonamides is 2. The third-order valence-corrected chi connectivity index (χ3v) is 9.66. The lowest BCUT2D eigenvalue weighted by molar-refractivity contribution is -0.114. The lowest BCUT2D eigenvalue weighted by Crippen LogP contribution is -2.40. The van der Waals surface area contributed by atoms with Crippen LogP contribution in [0, 0.1) is 13.8 Å². The molecule has 1 saturated heterocycles. The molecule has 0 spiro atoms. The number of nitrogens with zero attached hydrogens (tertiary/aromatic N) is 2. The Kier molecular flexibility index (Phi) is 7.98. The van der Waals surface area contributed by atoms with Crippen LogP contribution in [0.25, 0.3) is 0 Å². The normalized spacial score (nSPS) is 14.8. The van der Waals surface area contributed by atoms with Crippen molar-refractivity contribution in [1.82, 2.24) is 4.31 Å². The molecule has 0 saturated carbocycles. The Morgan fingerprint density at radius 2 is 1.32 bits per heavy atom. The maximum absolute atomic E-state index is 13.5. The van der Waals surface area contributed by atoms with Crippen LogP contribution in [-0.4, -0.2) is 59.9 Å². The summed E-state index contributed by atoms with van der Waals surface area (Å²) >= 11 is 0. The van der Waals surface area contributed by atoms with Gasteiger partial charge >= 0.3 is 0 Å². The number of carbonyl (C=O) groups excluding carboxylic acids is 1. The highest BCUT2D eigenvalue weighted by Gasteiger charge is 2.28. The first-order chi connectivity index (χ1) is 17.6. The monoisotopic (exact) mass is 543 g/mol. The molecule has 1 aliphatic rings. The SMILES string of the molecule is Cc1ccc(N(CC(=O)Nc2ccc(S(=O)(=O)N3CCOCC3)cc2)S(=O)(=O)c2ccc(C)cc2)cc1. The summed E-state index contributed by atoms with van der Waals surface area (Å²) in [6.07, 6.45) is 0. The summed E-state index contributed by atoms with van der Waals surface area (Å²) in [5.41, 5.74) is 2.57. The minimum Gasteiger partial charge on any atom is -0.379 e. The zero-order valence-electron chi connectivity index (χ0n) is 20.6. The Morgan fingerprint density at radius 3 is 1.89 bits per heavy atom. The van der Waals surface area contributed by atoms with E-state index in [1.54, 1.807) is 36.4 Å². The number of benzene rings is 3. The van der Waals surface area contributed by atoms with Crippen LogP contribution in [0.5, 0.6) is 0 Å². The summed E-state index contributed by atoms with van der Waals surface area (Å²) in [6, 6.07) is 19.1. The summed E-state index contributed by atoms with van der Waals surface area (Å²) in [5, 5.41) is 2.67. The minimum atomic E-state index is -4.03. The molecule has 11 heteroatoms. The Morgan fingerprint density at radius 1 is 0.811 bits per heavy atom. The summed E-state index contributed by atoms with van der Waals surface area (Å²) < 4.78 is 60.3. The summed E-state index contributed by atoms with van der Waals surface area (Å²) in [7, 11) is -7.70. The van der Waals surface area contributed by atoms with E-state index in [1.165, 1.54) is 40.7 Å². The second-order valence-corrected chi connectivity index (χ2v) is 12.5. The average Bonchev–Trinajstić information content (AvgIpc) is 2.89. The van der Waals surface area contributed by atoms with Gasteiger partial charge < -0.3 is 10.1 Å². The van der Waals surface area contributed by atoms with Gasteiger partial charge in [0.25, 0.3) is 10.0 Å². The Balaban J connectivity index is 1.53. The number of ether oxygens (including phenoxy) is 1. The minimum absolute atomic E-state index is 0.0733. The topological polar surface area (TPSA) is 113 Å². The molecular weight excluding hydrogens is 514 g/mol. The van der Waals surface area contributed by atoms with Gasteiger partial charge in [0.15, 0.2) is 0 Å². The highest BCUT2D eigenvalue weighted by Crippen LogP contribution is 2.25. The fraction of sp³-hybridized carbons (Fsp3) is 0.269. The molecule has 1 N–H and O–H groups in total.